The second-order valence-corrected chi connectivity index (χ2v) is 4.29. The molecule has 0 aliphatic heterocycles. The first kappa shape index (κ1) is 11.5. The number of benzene rings is 1. The second-order valence-electron chi connectivity index (χ2n) is 4.29. The van der Waals surface area contributed by atoms with Crippen molar-refractivity contribution in [2.75, 3.05) is 7.11 Å². The van der Waals surface area contributed by atoms with Crippen LogP contribution >= 0.6 is 0 Å². The van der Waals surface area contributed by atoms with Gasteiger partial charge in [0.05, 0.1) is 18.4 Å². The minimum absolute atomic E-state index is 0.399. The van der Waals surface area contributed by atoms with Crippen molar-refractivity contribution in [3.8, 4) is 17.0 Å². The summed E-state index contributed by atoms with van der Waals surface area (Å²) in [6, 6.07) is 8.86. The summed E-state index contributed by atoms with van der Waals surface area (Å²) >= 11 is 0. The van der Waals surface area contributed by atoms with Crippen LogP contribution in [0, 0.1) is 6.92 Å². The van der Waals surface area contributed by atoms with Crippen molar-refractivity contribution < 1.29 is 9.15 Å². The van der Waals surface area contributed by atoms with Crippen molar-refractivity contribution in [2.45, 2.75) is 6.92 Å². The zero-order chi connectivity index (χ0) is 13.4. The Morgan fingerprint density at radius 2 is 2.11 bits per heavy atom. The number of fused-ring (bicyclic) bond motifs is 1. The SMILES string of the molecule is COc1ccc2oc(=O)c(-c3cc(C)[nH]n3)cc2c1. The van der Waals surface area contributed by atoms with Crippen LogP contribution < -0.4 is 10.4 Å². The average Bonchev–Trinajstić information content (AvgIpc) is 2.84. The van der Waals surface area contributed by atoms with E-state index < -0.39 is 5.63 Å². The van der Waals surface area contributed by atoms with Gasteiger partial charge in [0.15, 0.2) is 0 Å². The molecule has 19 heavy (non-hydrogen) atoms. The Kier molecular flexibility index (Phi) is 2.59. The summed E-state index contributed by atoms with van der Waals surface area (Å²) in [5.41, 5.74) is 2.03. The number of rotatable bonds is 2. The summed E-state index contributed by atoms with van der Waals surface area (Å²) < 4.78 is 10.5. The van der Waals surface area contributed by atoms with Crippen LogP contribution in [0.3, 0.4) is 0 Å². The fraction of sp³-hybridized carbons (Fsp3) is 0.143. The van der Waals surface area contributed by atoms with Gasteiger partial charge in [-0.3, -0.25) is 5.10 Å². The van der Waals surface area contributed by atoms with Gasteiger partial charge in [-0.2, -0.15) is 5.10 Å². The highest BCUT2D eigenvalue weighted by Gasteiger charge is 2.10. The fourth-order valence-corrected chi connectivity index (χ4v) is 1.96. The minimum atomic E-state index is -0.399. The highest BCUT2D eigenvalue weighted by atomic mass is 16.5. The molecule has 1 aromatic carbocycles. The number of H-pyrrole nitrogens is 1. The Bertz CT molecular complexity index is 802. The van der Waals surface area contributed by atoms with Crippen molar-refractivity contribution in [2.24, 2.45) is 0 Å². The molecule has 2 heterocycles. The van der Waals surface area contributed by atoms with Crippen molar-refractivity contribution >= 4 is 11.0 Å². The van der Waals surface area contributed by atoms with E-state index in [1.807, 2.05) is 13.0 Å². The van der Waals surface area contributed by atoms with Gasteiger partial charge in [0, 0.05) is 11.1 Å². The van der Waals surface area contributed by atoms with Crippen LogP contribution in [0.1, 0.15) is 5.69 Å². The Hall–Kier alpha value is -2.56. The highest BCUT2D eigenvalue weighted by Crippen LogP contribution is 2.23. The smallest absolute Gasteiger partial charge is 0.345 e. The van der Waals surface area contributed by atoms with Crippen molar-refractivity contribution in [3.63, 3.8) is 0 Å². The molecule has 0 bridgehead atoms. The molecule has 0 spiro atoms. The van der Waals surface area contributed by atoms with E-state index in [-0.39, 0.29) is 0 Å². The molecule has 3 aromatic rings. The van der Waals surface area contributed by atoms with Gasteiger partial charge in [-0.25, -0.2) is 4.79 Å². The molecule has 0 radical (unpaired) electrons. The molecule has 5 heteroatoms. The molecular formula is C14H12N2O3. The number of aromatic nitrogens is 2. The monoisotopic (exact) mass is 256 g/mol. The van der Waals surface area contributed by atoms with Crippen LogP contribution in [-0.2, 0) is 0 Å². The fourth-order valence-electron chi connectivity index (χ4n) is 1.96. The minimum Gasteiger partial charge on any atom is -0.497 e. The summed E-state index contributed by atoms with van der Waals surface area (Å²) in [5, 5.41) is 7.69. The molecule has 0 unspecified atom stereocenters. The van der Waals surface area contributed by atoms with Crippen molar-refractivity contribution in [1.29, 1.82) is 0 Å². The van der Waals surface area contributed by atoms with Gasteiger partial charge in [0.25, 0.3) is 0 Å². The van der Waals surface area contributed by atoms with E-state index in [9.17, 15) is 4.79 Å². The number of aryl methyl sites for hydroxylation is 1. The quantitative estimate of drug-likeness (QED) is 0.715. The summed E-state index contributed by atoms with van der Waals surface area (Å²) in [6.07, 6.45) is 0. The van der Waals surface area contributed by atoms with Crippen LogP contribution in [0.4, 0.5) is 0 Å². The van der Waals surface area contributed by atoms with Gasteiger partial charge in [-0.05, 0) is 37.3 Å². The third kappa shape index (κ3) is 1.99. The van der Waals surface area contributed by atoms with E-state index in [0.717, 1.165) is 11.1 Å². The average molecular weight is 256 g/mol. The molecule has 3 rings (SSSR count). The number of nitrogens with zero attached hydrogens (tertiary/aromatic N) is 1. The lowest BCUT2D eigenvalue weighted by Gasteiger charge is -2.02. The molecule has 0 saturated heterocycles. The molecule has 96 valence electrons. The van der Waals surface area contributed by atoms with Gasteiger partial charge in [0.2, 0.25) is 0 Å². The first-order valence-corrected chi connectivity index (χ1v) is 5.81. The molecule has 2 aromatic heterocycles. The van der Waals surface area contributed by atoms with Crippen LogP contribution in [0.2, 0.25) is 0 Å². The lowest BCUT2D eigenvalue weighted by molar-refractivity contribution is 0.415. The Morgan fingerprint density at radius 1 is 1.26 bits per heavy atom. The highest BCUT2D eigenvalue weighted by molar-refractivity contribution is 5.82. The molecule has 0 saturated carbocycles. The Labute approximate surface area is 108 Å². The number of aromatic amines is 1. The van der Waals surface area contributed by atoms with Gasteiger partial charge in [0.1, 0.15) is 11.3 Å². The van der Waals surface area contributed by atoms with E-state index in [1.165, 1.54) is 0 Å². The van der Waals surface area contributed by atoms with E-state index in [4.69, 9.17) is 9.15 Å². The summed E-state index contributed by atoms with van der Waals surface area (Å²) in [4.78, 5) is 11.9. The molecular weight excluding hydrogens is 244 g/mol. The normalized spacial score (nSPS) is 10.8. The van der Waals surface area contributed by atoms with Crippen LogP contribution in [0.25, 0.3) is 22.2 Å². The summed E-state index contributed by atoms with van der Waals surface area (Å²) in [6.45, 7) is 1.88. The third-order valence-corrected chi connectivity index (χ3v) is 2.92. The lowest BCUT2D eigenvalue weighted by atomic mass is 10.1. The van der Waals surface area contributed by atoms with Gasteiger partial charge in [-0.15, -0.1) is 0 Å². The van der Waals surface area contributed by atoms with Crippen molar-refractivity contribution in [3.05, 3.63) is 46.4 Å². The Balaban J connectivity index is 2.25. The number of hydrogen-bond acceptors (Lipinski definition) is 4. The largest absolute Gasteiger partial charge is 0.497 e. The summed E-state index contributed by atoms with van der Waals surface area (Å²) in [5.74, 6) is 0.713. The number of hydrogen-bond donors (Lipinski definition) is 1. The van der Waals surface area contributed by atoms with Gasteiger partial charge in [-0.1, -0.05) is 0 Å². The molecule has 5 nitrogen and oxygen atoms in total. The lowest BCUT2D eigenvalue weighted by Crippen LogP contribution is -2.02. The number of ether oxygens (including phenoxy) is 1. The van der Waals surface area contributed by atoms with E-state index >= 15 is 0 Å². The molecule has 0 aliphatic rings. The molecule has 0 fully saturated rings. The third-order valence-electron chi connectivity index (χ3n) is 2.92. The Morgan fingerprint density at radius 3 is 2.79 bits per heavy atom. The van der Waals surface area contributed by atoms with Gasteiger partial charge < -0.3 is 9.15 Å². The predicted molar refractivity (Wildman–Crippen MR) is 71.4 cm³/mol. The molecule has 0 atom stereocenters. The van der Waals surface area contributed by atoms with Gasteiger partial charge >= 0.3 is 5.63 Å². The number of nitrogens with one attached hydrogen (secondary N) is 1. The van der Waals surface area contributed by atoms with Crippen LogP contribution in [0.15, 0.2) is 39.5 Å². The summed E-state index contributed by atoms with van der Waals surface area (Å²) in [7, 11) is 1.60. The zero-order valence-electron chi connectivity index (χ0n) is 10.6. The van der Waals surface area contributed by atoms with Crippen molar-refractivity contribution in [1.82, 2.24) is 10.2 Å². The first-order valence-electron chi connectivity index (χ1n) is 5.81. The standard InChI is InChI=1S/C14H12N2O3/c1-8-5-12(16-15-8)11-7-9-6-10(18-2)3-4-13(9)19-14(11)17/h3-7H,1-2H3,(H,15,16). The molecule has 0 aliphatic carbocycles. The second kappa shape index (κ2) is 4.28. The topological polar surface area (TPSA) is 68.1 Å². The van der Waals surface area contributed by atoms with E-state index in [1.54, 1.807) is 31.4 Å². The van der Waals surface area contributed by atoms with E-state index in [0.29, 0.717) is 22.6 Å². The number of methoxy groups -OCH3 is 1. The predicted octanol–water partition coefficient (Wildman–Crippen LogP) is 2.50. The maximum atomic E-state index is 11.9. The zero-order valence-corrected chi connectivity index (χ0v) is 10.6. The first-order chi connectivity index (χ1) is 9.17. The molecule has 0 amide bonds. The van der Waals surface area contributed by atoms with Crippen LogP contribution in [0.5, 0.6) is 5.75 Å². The maximum Gasteiger partial charge on any atom is 0.345 e. The molecule has 1 N–H and O–H groups in total. The van der Waals surface area contributed by atoms with E-state index in [2.05, 4.69) is 10.2 Å². The maximum absolute atomic E-state index is 11.9. The van der Waals surface area contributed by atoms with Crippen LogP contribution in [-0.4, -0.2) is 17.3 Å².